The second kappa shape index (κ2) is 8.77. The van der Waals surface area contributed by atoms with Crippen LogP contribution >= 0.6 is 11.3 Å². The third-order valence-corrected chi connectivity index (χ3v) is 5.89. The van der Waals surface area contributed by atoms with Gasteiger partial charge in [0, 0.05) is 17.5 Å². The first-order valence-electron chi connectivity index (χ1n) is 9.69. The van der Waals surface area contributed by atoms with Gasteiger partial charge in [0.15, 0.2) is 11.6 Å². The van der Waals surface area contributed by atoms with Crippen LogP contribution in [-0.2, 0) is 13.1 Å². The molecule has 1 N–H and O–H groups in total. The van der Waals surface area contributed by atoms with Crippen LogP contribution in [-0.4, -0.2) is 28.5 Å². The monoisotopic (exact) mass is 423 g/mol. The number of nitrogens with zero attached hydrogens (tertiary/aromatic N) is 2. The minimum Gasteiger partial charge on any atom is -0.494 e. The van der Waals surface area contributed by atoms with Crippen molar-refractivity contribution in [2.75, 3.05) is 13.7 Å². The maximum atomic E-state index is 14.0. The van der Waals surface area contributed by atoms with Crippen molar-refractivity contribution in [3.63, 3.8) is 0 Å². The number of aromatic amines is 1. The number of halogens is 1. The largest absolute Gasteiger partial charge is 0.494 e. The lowest BCUT2D eigenvalue weighted by Crippen LogP contribution is -2.25. The summed E-state index contributed by atoms with van der Waals surface area (Å²) in [5, 5.41) is 2.60. The molecule has 0 saturated carbocycles. The number of fused-ring (bicyclic) bond motifs is 1. The molecule has 0 fully saturated rings. The minimum atomic E-state index is -0.383. The zero-order chi connectivity index (χ0) is 21.1. The molecular formula is C23H22FN3O2S. The number of nitrogens with one attached hydrogen (secondary N) is 1. The molecule has 5 nitrogen and oxygen atoms in total. The van der Waals surface area contributed by atoms with Crippen LogP contribution in [0.15, 0.2) is 58.7 Å². The Hall–Kier alpha value is -3.03. The van der Waals surface area contributed by atoms with Gasteiger partial charge in [0.05, 0.1) is 19.0 Å². The lowest BCUT2D eigenvalue weighted by Gasteiger charge is -2.20. The highest BCUT2D eigenvalue weighted by atomic mass is 32.1. The zero-order valence-corrected chi connectivity index (χ0v) is 17.6. The molecule has 4 aromatic rings. The van der Waals surface area contributed by atoms with Crippen molar-refractivity contribution in [1.82, 2.24) is 14.9 Å². The Morgan fingerprint density at radius 3 is 2.67 bits per heavy atom. The van der Waals surface area contributed by atoms with E-state index in [1.54, 1.807) is 6.07 Å². The van der Waals surface area contributed by atoms with Crippen LogP contribution in [0.1, 0.15) is 18.3 Å². The average molecular weight is 424 g/mol. The molecule has 7 heteroatoms. The summed E-state index contributed by atoms with van der Waals surface area (Å²) in [6.07, 6.45) is 0. The zero-order valence-electron chi connectivity index (χ0n) is 16.8. The molecular weight excluding hydrogens is 401 g/mol. The number of methoxy groups -OCH3 is 1. The van der Waals surface area contributed by atoms with E-state index in [9.17, 15) is 9.18 Å². The predicted molar refractivity (Wildman–Crippen MR) is 118 cm³/mol. The summed E-state index contributed by atoms with van der Waals surface area (Å²) in [6, 6.07) is 14.8. The van der Waals surface area contributed by atoms with Crippen LogP contribution in [0.3, 0.4) is 0 Å². The molecule has 0 saturated heterocycles. The Labute approximate surface area is 177 Å². The van der Waals surface area contributed by atoms with Gasteiger partial charge in [-0.3, -0.25) is 9.69 Å². The van der Waals surface area contributed by atoms with Crippen LogP contribution in [0.25, 0.3) is 21.3 Å². The first-order valence-corrected chi connectivity index (χ1v) is 10.6. The number of aromatic nitrogens is 2. The maximum Gasteiger partial charge on any atom is 0.260 e. The number of ether oxygens (including phenoxy) is 1. The summed E-state index contributed by atoms with van der Waals surface area (Å²) in [5.74, 6) is 0.445. The van der Waals surface area contributed by atoms with Gasteiger partial charge < -0.3 is 9.72 Å². The van der Waals surface area contributed by atoms with Crippen LogP contribution < -0.4 is 10.3 Å². The predicted octanol–water partition coefficient (Wildman–Crippen LogP) is 4.82. The highest BCUT2D eigenvalue weighted by Crippen LogP contribution is 2.30. The van der Waals surface area contributed by atoms with Gasteiger partial charge in [-0.1, -0.05) is 43.3 Å². The topological polar surface area (TPSA) is 58.2 Å². The number of hydrogen-bond donors (Lipinski definition) is 1. The lowest BCUT2D eigenvalue weighted by molar-refractivity contribution is 0.264. The molecule has 0 aliphatic heterocycles. The van der Waals surface area contributed by atoms with Gasteiger partial charge in [0.25, 0.3) is 5.56 Å². The molecule has 0 unspecified atom stereocenters. The van der Waals surface area contributed by atoms with E-state index in [-0.39, 0.29) is 17.1 Å². The number of H-pyrrole nitrogens is 1. The fourth-order valence-corrected chi connectivity index (χ4v) is 4.42. The number of benzene rings is 2. The molecule has 0 aliphatic rings. The van der Waals surface area contributed by atoms with Gasteiger partial charge in [-0.15, -0.1) is 11.3 Å². The van der Waals surface area contributed by atoms with E-state index < -0.39 is 0 Å². The molecule has 0 atom stereocenters. The Balaban J connectivity index is 1.58. The van der Waals surface area contributed by atoms with Gasteiger partial charge >= 0.3 is 0 Å². The third-order valence-electron chi connectivity index (χ3n) is 5.02. The summed E-state index contributed by atoms with van der Waals surface area (Å²) in [5.41, 5.74) is 2.60. The molecule has 0 bridgehead atoms. The van der Waals surface area contributed by atoms with Crippen LogP contribution in [0.2, 0.25) is 0 Å². The smallest absolute Gasteiger partial charge is 0.260 e. The lowest BCUT2D eigenvalue weighted by atomic mass is 10.1. The number of hydrogen-bond acceptors (Lipinski definition) is 5. The molecule has 0 spiro atoms. The van der Waals surface area contributed by atoms with Crippen molar-refractivity contribution in [1.29, 1.82) is 0 Å². The van der Waals surface area contributed by atoms with E-state index in [4.69, 9.17) is 4.74 Å². The van der Waals surface area contributed by atoms with E-state index in [0.717, 1.165) is 28.1 Å². The van der Waals surface area contributed by atoms with Gasteiger partial charge in [-0.2, -0.15) is 0 Å². The summed E-state index contributed by atoms with van der Waals surface area (Å²) < 4.78 is 19.0. The van der Waals surface area contributed by atoms with E-state index >= 15 is 0 Å². The van der Waals surface area contributed by atoms with E-state index in [2.05, 4.69) is 14.9 Å². The Kier molecular flexibility index (Phi) is 5.92. The van der Waals surface area contributed by atoms with Gasteiger partial charge in [0.2, 0.25) is 0 Å². The van der Waals surface area contributed by atoms with Crippen molar-refractivity contribution < 1.29 is 9.13 Å². The van der Waals surface area contributed by atoms with Gasteiger partial charge in [-0.25, -0.2) is 9.37 Å². The second-order valence-corrected chi connectivity index (χ2v) is 7.84. The van der Waals surface area contributed by atoms with Crippen molar-refractivity contribution in [3.05, 3.63) is 81.5 Å². The summed E-state index contributed by atoms with van der Waals surface area (Å²) in [4.78, 5) is 23.3. The molecule has 0 radical (unpaired) electrons. The molecule has 2 aromatic heterocycles. The van der Waals surface area contributed by atoms with E-state index in [0.29, 0.717) is 24.3 Å². The fraction of sp³-hybridized carbons (Fsp3) is 0.217. The van der Waals surface area contributed by atoms with Crippen LogP contribution in [0.5, 0.6) is 5.75 Å². The summed E-state index contributed by atoms with van der Waals surface area (Å²) in [7, 11) is 1.45. The Bertz CT molecular complexity index is 1220. The van der Waals surface area contributed by atoms with E-state index in [1.165, 1.54) is 24.5 Å². The second-order valence-electron chi connectivity index (χ2n) is 6.98. The SMILES string of the molecule is CCN(Cc1ccc(OC)c(F)c1)Cc1nc2scc(-c3ccccc3)c2c(=O)[nH]1. The minimum absolute atomic E-state index is 0.137. The molecule has 0 aliphatic carbocycles. The first-order chi connectivity index (χ1) is 14.6. The van der Waals surface area contributed by atoms with Crippen molar-refractivity contribution in [2.45, 2.75) is 20.0 Å². The van der Waals surface area contributed by atoms with Crippen molar-refractivity contribution in [2.24, 2.45) is 0 Å². The van der Waals surface area contributed by atoms with Crippen LogP contribution in [0.4, 0.5) is 4.39 Å². The molecule has 154 valence electrons. The quantitative estimate of drug-likeness (QED) is 0.463. The van der Waals surface area contributed by atoms with Crippen molar-refractivity contribution in [3.8, 4) is 16.9 Å². The van der Waals surface area contributed by atoms with Crippen LogP contribution in [0, 0.1) is 5.82 Å². The van der Waals surface area contributed by atoms with Gasteiger partial charge in [-0.05, 0) is 29.8 Å². The highest BCUT2D eigenvalue weighted by Gasteiger charge is 2.15. The highest BCUT2D eigenvalue weighted by molar-refractivity contribution is 7.17. The maximum absolute atomic E-state index is 14.0. The standard InChI is InChI=1S/C23H22FN3O2S/c1-3-27(12-15-9-10-19(29-2)18(24)11-15)13-20-25-22(28)21-17(14-30-23(21)26-20)16-7-5-4-6-8-16/h4-11,14H,3,12-13H2,1-2H3,(H,25,26,28). The third kappa shape index (κ3) is 4.13. The molecule has 2 heterocycles. The normalized spacial score (nSPS) is 11.3. The average Bonchev–Trinajstić information content (AvgIpc) is 3.18. The van der Waals surface area contributed by atoms with Crippen molar-refractivity contribution >= 4 is 21.6 Å². The Morgan fingerprint density at radius 2 is 1.97 bits per heavy atom. The van der Waals surface area contributed by atoms with Gasteiger partial charge in [0.1, 0.15) is 10.7 Å². The summed E-state index contributed by atoms with van der Waals surface area (Å²) >= 11 is 1.47. The molecule has 2 aromatic carbocycles. The van der Waals surface area contributed by atoms with E-state index in [1.807, 2.05) is 48.7 Å². The fourth-order valence-electron chi connectivity index (χ4n) is 3.46. The molecule has 0 amide bonds. The first kappa shape index (κ1) is 20.3. The Morgan fingerprint density at radius 1 is 1.17 bits per heavy atom. The number of thiophene rings is 1. The molecule has 4 rings (SSSR count). The molecule has 30 heavy (non-hydrogen) atoms. The summed E-state index contributed by atoms with van der Waals surface area (Å²) in [6.45, 7) is 3.76. The number of rotatable bonds is 7.